The summed E-state index contributed by atoms with van der Waals surface area (Å²) in [6.07, 6.45) is 8.68. The normalized spacial score (nSPS) is 17.7. The van der Waals surface area contributed by atoms with Crippen LogP contribution in [0.3, 0.4) is 0 Å². The van der Waals surface area contributed by atoms with Gasteiger partial charge in [0.1, 0.15) is 6.07 Å². The van der Waals surface area contributed by atoms with E-state index in [9.17, 15) is 5.26 Å². The van der Waals surface area contributed by atoms with Gasteiger partial charge in [0.25, 0.3) is 0 Å². The zero-order chi connectivity index (χ0) is 23.2. The van der Waals surface area contributed by atoms with E-state index < -0.39 is 0 Å². The molecule has 2 fully saturated rings. The van der Waals surface area contributed by atoms with Crippen molar-refractivity contribution in [3.05, 3.63) is 83.4 Å². The lowest BCUT2D eigenvalue weighted by Crippen LogP contribution is -2.48. The lowest BCUT2D eigenvalue weighted by atomic mass is 9.86. The van der Waals surface area contributed by atoms with E-state index >= 15 is 0 Å². The predicted octanol–water partition coefficient (Wildman–Crippen LogP) is 5.97. The molecule has 5 rings (SSSR count). The molecule has 1 aliphatic carbocycles. The zero-order valence-electron chi connectivity index (χ0n) is 19.9. The molecule has 0 bridgehead atoms. The molecule has 2 heterocycles. The number of piperazine rings is 1. The summed E-state index contributed by atoms with van der Waals surface area (Å²) in [5.74, 6) is 2.17. The van der Waals surface area contributed by atoms with Crippen molar-refractivity contribution in [3.63, 3.8) is 0 Å². The molecule has 34 heavy (non-hydrogen) atoms. The first kappa shape index (κ1) is 22.7. The maximum absolute atomic E-state index is 9.71. The number of anilines is 1. The number of nitriles is 1. The Kier molecular flexibility index (Phi) is 7.26. The second kappa shape index (κ2) is 10.9. The number of rotatable bonds is 7. The van der Waals surface area contributed by atoms with Gasteiger partial charge in [-0.05, 0) is 23.5 Å². The SMILES string of the molecule is N#Cc1nc(CCC2CCCCC2)oc1N1CCN(C(c2ccccc2)c2ccccc2)CC1. The lowest BCUT2D eigenvalue weighted by molar-refractivity contribution is 0.209. The van der Waals surface area contributed by atoms with Crippen molar-refractivity contribution >= 4 is 5.88 Å². The van der Waals surface area contributed by atoms with E-state index in [1.165, 1.54) is 43.2 Å². The van der Waals surface area contributed by atoms with Crippen molar-refractivity contribution < 1.29 is 4.42 Å². The summed E-state index contributed by atoms with van der Waals surface area (Å²) in [6, 6.07) is 24.0. The van der Waals surface area contributed by atoms with Crippen LogP contribution in [0.2, 0.25) is 0 Å². The Labute approximate surface area is 203 Å². The first-order valence-corrected chi connectivity index (χ1v) is 12.8. The summed E-state index contributed by atoms with van der Waals surface area (Å²) < 4.78 is 6.18. The number of aryl methyl sites for hydroxylation is 1. The van der Waals surface area contributed by atoms with E-state index in [2.05, 4.69) is 81.5 Å². The summed E-state index contributed by atoms with van der Waals surface area (Å²) >= 11 is 0. The topological polar surface area (TPSA) is 56.3 Å². The highest BCUT2D eigenvalue weighted by Crippen LogP contribution is 2.32. The molecule has 1 saturated carbocycles. The Bertz CT molecular complexity index is 1030. The number of oxazole rings is 1. The summed E-state index contributed by atoms with van der Waals surface area (Å²) in [4.78, 5) is 9.30. The highest BCUT2D eigenvalue weighted by atomic mass is 16.4. The maximum atomic E-state index is 9.71. The van der Waals surface area contributed by atoms with Crippen LogP contribution in [0.4, 0.5) is 5.88 Å². The summed E-state index contributed by atoms with van der Waals surface area (Å²) in [5, 5.41) is 9.71. The largest absolute Gasteiger partial charge is 0.424 e. The van der Waals surface area contributed by atoms with Gasteiger partial charge < -0.3 is 9.32 Å². The molecule has 0 amide bonds. The molecule has 5 heteroatoms. The van der Waals surface area contributed by atoms with Crippen LogP contribution in [0, 0.1) is 17.2 Å². The van der Waals surface area contributed by atoms with Crippen molar-refractivity contribution in [1.29, 1.82) is 5.26 Å². The third-order valence-corrected chi connectivity index (χ3v) is 7.45. The minimum Gasteiger partial charge on any atom is -0.424 e. The van der Waals surface area contributed by atoms with E-state index in [4.69, 9.17) is 4.42 Å². The quantitative estimate of drug-likeness (QED) is 0.440. The van der Waals surface area contributed by atoms with Gasteiger partial charge in [-0.25, -0.2) is 4.98 Å². The van der Waals surface area contributed by atoms with Crippen molar-refractivity contribution in [2.75, 3.05) is 31.1 Å². The third kappa shape index (κ3) is 5.18. The molecule has 2 aliphatic rings. The molecule has 0 spiro atoms. The van der Waals surface area contributed by atoms with Crippen LogP contribution in [0.15, 0.2) is 65.1 Å². The minimum absolute atomic E-state index is 0.223. The third-order valence-electron chi connectivity index (χ3n) is 7.45. The first-order chi connectivity index (χ1) is 16.8. The number of aromatic nitrogens is 1. The van der Waals surface area contributed by atoms with Gasteiger partial charge in [-0.3, -0.25) is 4.90 Å². The van der Waals surface area contributed by atoms with E-state index in [1.807, 2.05) is 0 Å². The molecule has 0 unspecified atom stereocenters. The van der Waals surface area contributed by atoms with Crippen LogP contribution in [0.5, 0.6) is 0 Å². The highest BCUT2D eigenvalue weighted by Gasteiger charge is 2.29. The molecular weight excluding hydrogens is 420 g/mol. The average Bonchev–Trinajstić information content (AvgIpc) is 3.33. The van der Waals surface area contributed by atoms with E-state index in [-0.39, 0.29) is 6.04 Å². The molecule has 1 aliphatic heterocycles. The predicted molar refractivity (Wildman–Crippen MR) is 135 cm³/mol. The first-order valence-electron chi connectivity index (χ1n) is 12.8. The summed E-state index contributed by atoms with van der Waals surface area (Å²) in [5.41, 5.74) is 3.06. The average molecular weight is 455 g/mol. The highest BCUT2D eigenvalue weighted by molar-refractivity contribution is 5.48. The molecule has 5 nitrogen and oxygen atoms in total. The number of hydrogen-bond acceptors (Lipinski definition) is 5. The fourth-order valence-corrected chi connectivity index (χ4v) is 5.62. The minimum atomic E-state index is 0.223. The van der Waals surface area contributed by atoms with Crippen LogP contribution in [0.25, 0.3) is 0 Å². The molecule has 0 radical (unpaired) electrons. The molecule has 3 aromatic rings. The van der Waals surface area contributed by atoms with Crippen LogP contribution < -0.4 is 4.90 Å². The van der Waals surface area contributed by atoms with Gasteiger partial charge in [0.2, 0.25) is 11.6 Å². The number of hydrogen-bond donors (Lipinski definition) is 0. The van der Waals surface area contributed by atoms with Gasteiger partial charge in [0.05, 0.1) is 6.04 Å². The van der Waals surface area contributed by atoms with Gasteiger partial charge in [-0.2, -0.15) is 5.26 Å². The number of nitrogens with zero attached hydrogens (tertiary/aromatic N) is 4. The Balaban J connectivity index is 1.27. The van der Waals surface area contributed by atoms with Gasteiger partial charge >= 0.3 is 0 Å². The van der Waals surface area contributed by atoms with Crippen LogP contribution >= 0.6 is 0 Å². The monoisotopic (exact) mass is 454 g/mol. The summed E-state index contributed by atoms with van der Waals surface area (Å²) in [6.45, 7) is 3.44. The summed E-state index contributed by atoms with van der Waals surface area (Å²) in [7, 11) is 0. The van der Waals surface area contributed by atoms with Crippen LogP contribution in [0.1, 0.15) is 67.3 Å². The van der Waals surface area contributed by atoms with E-state index in [0.717, 1.165) is 50.8 Å². The van der Waals surface area contributed by atoms with Gasteiger partial charge in [0.15, 0.2) is 5.89 Å². The molecule has 2 aromatic carbocycles. The Morgan fingerprint density at radius 3 is 2.09 bits per heavy atom. The van der Waals surface area contributed by atoms with Crippen molar-refractivity contribution in [2.24, 2.45) is 5.92 Å². The fourth-order valence-electron chi connectivity index (χ4n) is 5.62. The molecule has 0 N–H and O–H groups in total. The Hall–Kier alpha value is -3.10. The Morgan fingerprint density at radius 2 is 1.50 bits per heavy atom. The Morgan fingerprint density at radius 1 is 0.882 bits per heavy atom. The molecule has 0 atom stereocenters. The van der Waals surface area contributed by atoms with E-state index in [0.29, 0.717) is 11.6 Å². The van der Waals surface area contributed by atoms with Crippen molar-refractivity contribution in [1.82, 2.24) is 9.88 Å². The van der Waals surface area contributed by atoms with Crippen LogP contribution in [-0.2, 0) is 6.42 Å². The molecule has 1 aromatic heterocycles. The van der Waals surface area contributed by atoms with Gasteiger partial charge in [-0.15, -0.1) is 0 Å². The van der Waals surface area contributed by atoms with Crippen LogP contribution in [-0.4, -0.2) is 36.1 Å². The smallest absolute Gasteiger partial charge is 0.234 e. The second-order valence-electron chi connectivity index (χ2n) is 9.66. The van der Waals surface area contributed by atoms with Crippen molar-refractivity contribution in [2.45, 2.75) is 51.0 Å². The van der Waals surface area contributed by atoms with Crippen molar-refractivity contribution in [3.8, 4) is 6.07 Å². The molecule has 1 saturated heterocycles. The van der Waals surface area contributed by atoms with Gasteiger partial charge in [0, 0.05) is 32.6 Å². The fraction of sp³-hybridized carbons (Fsp3) is 0.448. The standard InChI is InChI=1S/C29H34N4O/c30-22-26-29(34-27(31-26)17-16-23-10-4-1-5-11-23)33-20-18-32(19-21-33)28(24-12-6-2-7-13-24)25-14-8-3-9-15-25/h2-3,6-9,12-15,23,28H,1,4-5,10-11,16-21H2. The van der Waals surface area contributed by atoms with Gasteiger partial charge in [-0.1, -0.05) is 92.8 Å². The number of benzene rings is 2. The zero-order valence-corrected chi connectivity index (χ0v) is 19.9. The maximum Gasteiger partial charge on any atom is 0.234 e. The second-order valence-corrected chi connectivity index (χ2v) is 9.66. The molecular formula is C29H34N4O. The molecule has 176 valence electrons. The van der Waals surface area contributed by atoms with E-state index in [1.54, 1.807) is 0 Å². The lowest BCUT2D eigenvalue weighted by Gasteiger charge is -2.39.